The Morgan fingerprint density at radius 3 is 2.47 bits per heavy atom. The summed E-state index contributed by atoms with van der Waals surface area (Å²) in [6.45, 7) is 6.57. The lowest BCUT2D eigenvalue weighted by Crippen LogP contribution is -2.42. The Balaban J connectivity index is 3.67. The molecule has 19 heavy (non-hydrogen) atoms. The quantitative estimate of drug-likeness (QED) is 0.364. The van der Waals surface area contributed by atoms with E-state index in [1.807, 2.05) is 7.05 Å². The summed E-state index contributed by atoms with van der Waals surface area (Å²) in [7, 11) is 6.04. The van der Waals surface area contributed by atoms with E-state index in [1.165, 1.54) is 32.1 Å². The van der Waals surface area contributed by atoms with Crippen LogP contribution in [0.15, 0.2) is 4.99 Å². The molecule has 1 atom stereocenters. The van der Waals surface area contributed by atoms with Crippen LogP contribution >= 0.6 is 0 Å². The minimum atomic E-state index is 0.497. The number of hydrogen-bond acceptors (Lipinski definition) is 2. The summed E-state index contributed by atoms with van der Waals surface area (Å²) in [6.07, 6.45) is 7.66. The Kier molecular flexibility index (Phi) is 11.8. The zero-order chi connectivity index (χ0) is 14.5. The summed E-state index contributed by atoms with van der Waals surface area (Å²) in [4.78, 5) is 6.47. The fraction of sp³-hybridized carbons (Fsp3) is 0.933. The molecule has 0 radical (unpaired) electrons. The monoisotopic (exact) mass is 270 g/mol. The first-order chi connectivity index (χ1) is 9.10. The zero-order valence-corrected chi connectivity index (χ0v) is 13.6. The van der Waals surface area contributed by atoms with Crippen LogP contribution in [0, 0.1) is 0 Å². The molecule has 0 aromatic rings. The van der Waals surface area contributed by atoms with Crippen molar-refractivity contribution in [3.63, 3.8) is 0 Å². The molecule has 2 N–H and O–H groups in total. The van der Waals surface area contributed by atoms with E-state index in [4.69, 9.17) is 0 Å². The van der Waals surface area contributed by atoms with Gasteiger partial charge >= 0.3 is 0 Å². The molecule has 0 saturated heterocycles. The third kappa shape index (κ3) is 12.0. The van der Waals surface area contributed by atoms with Crippen molar-refractivity contribution in [2.24, 2.45) is 4.99 Å². The van der Waals surface area contributed by atoms with E-state index < -0.39 is 0 Å². The fourth-order valence-electron chi connectivity index (χ4n) is 1.98. The number of rotatable bonds is 10. The van der Waals surface area contributed by atoms with Gasteiger partial charge in [0.15, 0.2) is 5.96 Å². The third-order valence-electron chi connectivity index (χ3n) is 3.17. The first-order valence-corrected chi connectivity index (χ1v) is 7.72. The number of unbranched alkanes of at least 4 members (excludes halogenated alkanes) is 3. The van der Waals surface area contributed by atoms with Crippen molar-refractivity contribution in [1.82, 2.24) is 15.5 Å². The van der Waals surface area contributed by atoms with Gasteiger partial charge in [-0.2, -0.15) is 0 Å². The van der Waals surface area contributed by atoms with Crippen LogP contribution in [0.4, 0.5) is 0 Å². The van der Waals surface area contributed by atoms with Crippen molar-refractivity contribution in [2.75, 3.05) is 34.2 Å². The van der Waals surface area contributed by atoms with E-state index in [0.29, 0.717) is 6.04 Å². The molecule has 4 nitrogen and oxygen atoms in total. The number of hydrogen-bond donors (Lipinski definition) is 2. The Bertz CT molecular complexity index is 226. The number of nitrogens with one attached hydrogen (secondary N) is 2. The van der Waals surface area contributed by atoms with Crippen LogP contribution in [0.25, 0.3) is 0 Å². The summed E-state index contributed by atoms with van der Waals surface area (Å²) in [5.41, 5.74) is 0. The lowest BCUT2D eigenvalue weighted by Gasteiger charge is -2.18. The second-order valence-electron chi connectivity index (χ2n) is 5.55. The molecule has 0 heterocycles. The fourth-order valence-corrected chi connectivity index (χ4v) is 1.98. The molecule has 0 bridgehead atoms. The molecule has 0 aromatic heterocycles. The predicted molar refractivity (Wildman–Crippen MR) is 85.9 cm³/mol. The third-order valence-corrected chi connectivity index (χ3v) is 3.17. The highest BCUT2D eigenvalue weighted by Gasteiger charge is 2.04. The highest BCUT2D eigenvalue weighted by Crippen LogP contribution is 2.04. The van der Waals surface area contributed by atoms with Crippen molar-refractivity contribution >= 4 is 5.96 Å². The molecule has 0 saturated carbocycles. The maximum atomic E-state index is 4.27. The predicted octanol–water partition coefficient (Wildman–Crippen LogP) is 2.46. The maximum absolute atomic E-state index is 4.27. The Labute approximate surface area is 120 Å². The van der Waals surface area contributed by atoms with Gasteiger partial charge in [0.05, 0.1) is 0 Å². The number of nitrogens with zero attached hydrogens (tertiary/aromatic N) is 2. The van der Waals surface area contributed by atoms with E-state index in [2.05, 4.69) is 48.5 Å². The second kappa shape index (κ2) is 12.3. The van der Waals surface area contributed by atoms with Gasteiger partial charge in [-0.25, -0.2) is 0 Å². The minimum Gasteiger partial charge on any atom is -0.356 e. The molecule has 0 aromatic carbocycles. The normalized spacial score (nSPS) is 13.7. The van der Waals surface area contributed by atoms with Gasteiger partial charge in [0, 0.05) is 19.6 Å². The van der Waals surface area contributed by atoms with Crippen LogP contribution in [-0.4, -0.2) is 51.1 Å². The van der Waals surface area contributed by atoms with Crippen LogP contribution in [0.2, 0.25) is 0 Å². The summed E-state index contributed by atoms with van der Waals surface area (Å²) in [5.74, 6) is 0.932. The molecule has 0 amide bonds. The smallest absolute Gasteiger partial charge is 0.191 e. The van der Waals surface area contributed by atoms with Gasteiger partial charge in [-0.3, -0.25) is 4.99 Å². The van der Waals surface area contributed by atoms with E-state index in [9.17, 15) is 0 Å². The van der Waals surface area contributed by atoms with Gasteiger partial charge in [-0.05, 0) is 40.4 Å². The van der Waals surface area contributed by atoms with Crippen LogP contribution in [0.1, 0.15) is 52.4 Å². The Morgan fingerprint density at radius 2 is 1.89 bits per heavy atom. The van der Waals surface area contributed by atoms with E-state index in [-0.39, 0.29) is 0 Å². The van der Waals surface area contributed by atoms with E-state index in [1.54, 1.807) is 0 Å². The maximum Gasteiger partial charge on any atom is 0.191 e. The average molecular weight is 270 g/mol. The van der Waals surface area contributed by atoms with Crippen molar-refractivity contribution in [3.05, 3.63) is 0 Å². The molecule has 114 valence electrons. The minimum absolute atomic E-state index is 0.497. The lowest BCUT2D eigenvalue weighted by molar-refractivity contribution is 0.399. The van der Waals surface area contributed by atoms with Gasteiger partial charge in [0.25, 0.3) is 0 Å². The topological polar surface area (TPSA) is 39.7 Å². The first kappa shape index (κ1) is 18.2. The molecule has 4 heteroatoms. The van der Waals surface area contributed by atoms with Crippen molar-refractivity contribution in [2.45, 2.75) is 58.4 Å². The largest absolute Gasteiger partial charge is 0.356 e. The van der Waals surface area contributed by atoms with Gasteiger partial charge in [-0.1, -0.05) is 32.6 Å². The number of aliphatic imine (C=N–C) groups is 1. The molecule has 0 spiro atoms. The van der Waals surface area contributed by atoms with Crippen LogP contribution in [0.5, 0.6) is 0 Å². The lowest BCUT2D eigenvalue weighted by atomic mass is 10.1. The standard InChI is InChI=1S/C15H34N4/c1-6-7-8-9-11-14(2)18-15(16-3)17-12-10-13-19(4)5/h14H,6-13H2,1-5H3,(H2,16,17,18). The Morgan fingerprint density at radius 1 is 1.16 bits per heavy atom. The summed E-state index contributed by atoms with van der Waals surface area (Å²) >= 11 is 0. The molecular formula is C15H34N4. The summed E-state index contributed by atoms with van der Waals surface area (Å²) in [6, 6.07) is 0.497. The average Bonchev–Trinajstić information content (AvgIpc) is 2.38. The van der Waals surface area contributed by atoms with E-state index in [0.717, 1.165) is 25.5 Å². The highest BCUT2D eigenvalue weighted by atomic mass is 15.2. The second-order valence-corrected chi connectivity index (χ2v) is 5.55. The first-order valence-electron chi connectivity index (χ1n) is 7.72. The van der Waals surface area contributed by atoms with Gasteiger partial charge in [0.1, 0.15) is 0 Å². The molecule has 0 aliphatic heterocycles. The number of guanidine groups is 1. The van der Waals surface area contributed by atoms with Crippen LogP contribution in [-0.2, 0) is 0 Å². The molecular weight excluding hydrogens is 236 g/mol. The molecule has 0 fully saturated rings. The molecule has 0 aliphatic carbocycles. The van der Waals surface area contributed by atoms with Crippen LogP contribution in [0.3, 0.4) is 0 Å². The highest BCUT2D eigenvalue weighted by molar-refractivity contribution is 5.79. The molecule has 0 rings (SSSR count). The van der Waals surface area contributed by atoms with Crippen molar-refractivity contribution in [3.8, 4) is 0 Å². The van der Waals surface area contributed by atoms with E-state index >= 15 is 0 Å². The SMILES string of the molecule is CCCCCCC(C)NC(=NC)NCCCN(C)C. The van der Waals surface area contributed by atoms with Crippen molar-refractivity contribution < 1.29 is 0 Å². The Hall–Kier alpha value is -0.770. The zero-order valence-electron chi connectivity index (χ0n) is 13.6. The van der Waals surface area contributed by atoms with Gasteiger partial charge in [-0.15, -0.1) is 0 Å². The molecule has 0 aliphatic rings. The van der Waals surface area contributed by atoms with Crippen LogP contribution < -0.4 is 10.6 Å². The summed E-state index contributed by atoms with van der Waals surface area (Å²) in [5, 5.41) is 6.83. The molecule has 1 unspecified atom stereocenters. The van der Waals surface area contributed by atoms with Crippen molar-refractivity contribution in [1.29, 1.82) is 0 Å². The van der Waals surface area contributed by atoms with Gasteiger partial charge in [0.2, 0.25) is 0 Å². The summed E-state index contributed by atoms with van der Waals surface area (Å²) < 4.78 is 0. The van der Waals surface area contributed by atoms with Gasteiger partial charge < -0.3 is 15.5 Å².